The summed E-state index contributed by atoms with van der Waals surface area (Å²) in [6, 6.07) is 0. The monoisotopic (exact) mass is 208 g/mol. The minimum Gasteiger partial charge on any atom is -0.382 e. The molecule has 1 atom stereocenters. The topological polar surface area (TPSA) is 46.0 Å². The van der Waals surface area contributed by atoms with Gasteiger partial charge in [-0.25, -0.2) is 9.97 Å². The van der Waals surface area contributed by atoms with E-state index in [1.54, 1.807) is 13.8 Å². The molecule has 1 aromatic heterocycles. The number of hydrogen-bond acceptors (Lipinski definition) is 3. The highest BCUT2D eigenvalue weighted by molar-refractivity contribution is 5.12. The van der Waals surface area contributed by atoms with Crippen LogP contribution in [0, 0.1) is 0 Å². The average molecular weight is 208 g/mol. The lowest BCUT2D eigenvalue weighted by Gasteiger charge is -2.16. The normalized spacial score (nSPS) is 13.9. The molecule has 1 rings (SSSR count). The van der Waals surface area contributed by atoms with Gasteiger partial charge in [0.25, 0.3) is 0 Å². The minimum absolute atomic E-state index is 0.481. The third-order valence-electron chi connectivity index (χ3n) is 2.51. The van der Waals surface area contributed by atoms with Crippen LogP contribution in [0.2, 0.25) is 0 Å². The van der Waals surface area contributed by atoms with Crippen molar-refractivity contribution in [1.29, 1.82) is 0 Å². The predicted octanol–water partition coefficient (Wildman–Crippen LogP) is 2.61. The number of aromatic nitrogens is 2. The first-order valence-corrected chi connectivity index (χ1v) is 5.50. The molecule has 0 aliphatic heterocycles. The smallest absolute Gasteiger partial charge is 0.159 e. The van der Waals surface area contributed by atoms with Crippen molar-refractivity contribution in [3.63, 3.8) is 0 Å². The van der Waals surface area contributed by atoms with Crippen LogP contribution in [0.1, 0.15) is 57.8 Å². The van der Waals surface area contributed by atoms with Crippen LogP contribution >= 0.6 is 0 Å². The van der Waals surface area contributed by atoms with Gasteiger partial charge >= 0.3 is 0 Å². The summed E-state index contributed by atoms with van der Waals surface area (Å²) in [5.74, 6) is 0.973. The zero-order chi connectivity index (χ0) is 11.5. The molecule has 3 heteroatoms. The number of hydrogen-bond donors (Lipinski definition) is 1. The van der Waals surface area contributed by atoms with Crippen LogP contribution in [-0.4, -0.2) is 15.1 Å². The Kier molecular flexibility index (Phi) is 3.80. The zero-order valence-electron chi connectivity index (χ0n) is 9.99. The molecule has 0 radical (unpaired) electrons. The Morgan fingerprint density at radius 3 is 2.27 bits per heavy atom. The van der Waals surface area contributed by atoms with Gasteiger partial charge < -0.3 is 5.11 Å². The summed E-state index contributed by atoms with van der Waals surface area (Å²) in [6.45, 7) is 7.73. The van der Waals surface area contributed by atoms with E-state index in [2.05, 4.69) is 23.8 Å². The van der Waals surface area contributed by atoms with E-state index in [-0.39, 0.29) is 0 Å². The molecule has 0 bridgehead atoms. The van der Waals surface area contributed by atoms with Crippen molar-refractivity contribution in [2.75, 3.05) is 0 Å². The van der Waals surface area contributed by atoms with E-state index in [1.807, 2.05) is 12.4 Å². The molecule has 3 nitrogen and oxygen atoms in total. The lowest BCUT2D eigenvalue weighted by molar-refractivity contribution is 0.0686. The summed E-state index contributed by atoms with van der Waals surface area (Å²) in [4.78, 5) is 8.38. The minimum atomic E-state index is -0.952. The van der Waals surface area contributed by atoms with Gasteiger partial charge in [-0.3, -0.25) is 0 Å². The Morgan fingerprint density at radius 2 is 1.87 bits per heavy atom. The second-order valence-electron chi connectivity index (χ2n) is 4.59. The quantitative estimate of drug-likeness (QED) is 0.827. The summed E-state index contributed by atoms with van der Waals surface area (Å²) in [6.07, 6.45) is 5.95. The molecule has 1 aromatic rings. The summed E-state index contributed by atoms with van der Waals surface area (Å²) in [5.41, 5.74) is 0.192. The molecule has 1 unspecified atom stereocenters. The van der Waals surface area contributed by atoms with Crippen LogP contribution in [0.25, 0.3) is 0 Å². The second kappa shape index (κ2) is 4.71. The maximum absolute atomic E-state index is 9.70. The fourth-order valence-corrected chi connectivity index (χ4v) is 1.51. The molecule has 84 valence electrons. The van der Waals surface area contributed by atoms with Gasteiger partial charge in [0.2, 0.25) is 0 Å². The van der Waals surface area contributed by atoms with Crippen molar-refractivity contribution in [3.8, 4) is 0 Å². The Morgan fingerprint density at radius 1 is 1.33 bits per heavy atom. The Bertz CT molecular complexity index is 300. The highest BCUT2D eigenvalue weighted by atomic mass is 16.3. The molecule has 0 saturated carbocycles. The van der Waals surface area contributed by atoms with Crippen LogP contribution < -0.4 is 0 Å². The fourth-order valence-electron chi connectivity index (χ4n) is 1.51. The van der Waals surface area contributed by atoms with E-state index < -0.39 is 5.60 Å². The van der Waals surface area contributed by atoms with Gasteiger partial charge in [0.15, 0.2) is 5.82 Å². The molecule has 1 heterocycles. The first kappa shape index (κ1) is 12.1. The van der Waals surface area contributed by atoms with E-state index in [1.165, 1.54) is 0 Å². The predicted molar refractivity (Wildman–Crippen MR) is 60.6 cm³/mol. The second-order valence-corrected chi connectivity index (χ2v) is 4.59. The van der Waals surface area contributed by atoms with Gasteiger partial charge in [0.05, 0.1) is 0 Å². The third-order valence-corrected chi connectivity index (χ3v) is 2.51. The fraction of sp³-hybridized carbons (Fsp3) is 0.667. The van der Waals surface area contributed by atoms with Gasteiger partial charge in [0.1, 0.15) is 5.60 Å². The molecule has 0 spiro atoms. The summed E-state index contributed by atoms with van der Waals surface area (Å²) in [7, 11) is 0. The lowest BCUT2D eigenvalue weighted by Crippen LogP contribution is -2.19. The molecule has 0 saturated heterocycles. The lowest BCUT2D eigenvalue weighted by atomic mass is 9.99. The summed E-state index contributed by atoms with van der Waals surface area (Å²) >= 11 is 0. The van der Waals surface area contributed by atoms with Crippen molar-refractivity contribution in [1.82, 2.24) is 9.97 Å². The van der Waals surface area contributed by atoms with E-state index in [4.69, 9.17) is 0 Å². The zero-order valence-corrected chi connectivity index (χ0v) is 9.99. The van der Waals surface area contributed by atoms with E-state index in [9.17, 15) is 5.11 Å². The number of nitrogens with zero attached hydrogens (tertiary/aromatic N) is 2. The van der Waals surface area contributed by atoms with Crippen molar-refractivity contribution in [3.05, 3.63) is 23.8 Å². The molecule has 0 aliphatic carbocycles. The Balaban J connectivity index is 2.81. The van der Waals surface area contributed by atoms with Crippen LogP contribution in [-0.2, 0) is 5.60 Å². The molecule has 0 aromatic carbocycles. The van der Waals surface area contributed by atoms with Gasteiger partial charge in [-0.2, -0.15) is 0 Å². The number of rotatable bonds is 4. The van der Waals surface area contributed by atoms with Gasteiger partial charge in [0, 0.05) is 12.4 Å². The van der Waals surface area contributed by atoms with Gasteiger partial charge in [-0.05, 0) is 31.7 Å². The summed E-state index contributed by atoms with van der Waals surface area (Å²) in [5, 5.41) is 9.70. The largest absolute Gasteiger partial charge is 0.382 e. The number of aliphatic hydroxyl groups is 1. The van der Waals surface area contributed by atoms with Crippen LogP contribution in [0.15, 0.2) is 12.4 Å². The average Bonchev–Trinajstić information content (AvgIpc) is 2.17. The third kappa shape index (κ3) is 3.27. The SMILES string of the molecule is CCCC(C)c1cnc(C(C)(C)O)nc1. The van der Waals surface area contributed by atoms with E-state index in [0.29, 0.717) is 11.7 Å². The van der Waals surface area contributed by atoms with Crippen LogP contribution in [0.5, 0.6) is 0 Å². The standard InChI is InChI=1S/C12H20N2O/c1-5-6-9(2)10-7-13-11(14-8-10)12(3,4)15/h7-9,15H,5-6H2,1-4H3. The van der Waals surface area contributed by atoms with Gasteiger partial charge in [-0.1, -0.05) is 20.3 Å². The molecular weight excluding hydrogens is 188 g/mol. The molecule has 15 heavy (non-hydrogen) atoms. The molecule has 1 N–H and O–H groups in total. The van der Waals surface area contributed by atoms with Crippen LogP contribution in [0.3, 0.4) is 0 Å². The highest BCUT2D eigenvalue weighted by Crippen LogP contribution is 2.20. The van der Waals surface area contributed by atoms with E-state index >= 15 is 0 Å². The summed E-state index contributed by atoms with van der Waals surface area (Å²) < 4.78 is 0. The molecular formula is C12H20N2O. The first-order chi connectivity index (χ1) is 6.95. The van der Waals surface area contributed by atoms with Crippen molar-refractivity contribution >= 4 is 0 Å². The van der Waals surface area contributed by atoms with Crippen LogP contribution in [0.4, 0.5) is 0 Å². The molecule has 0 aliphatic rings. The Hall–Kier alpha value is -0.960. The first-order valence-electron chi connectivity index (χ1n) is 5.50. The van der Waals surface area contributed by atoms with E-state index in [0.717, 1.165) is 18.4 Å². The highest BCUT2D eigenvalue weighted by Gasteiger charge is 2.19. The Labute approximate surface area is 91.6 Å². The molecule has 0 fully saturated rings. The van der Waals surface area contributed by atoms with Crippen molar-refractivity contribution in [2.24, 2.45) is 0 Å². The van der Waals surface area contributed by atoms with Crippen molar-refractivity contribution in [2.45, 2.75) is 52.1 Å². The van der Waals surface area contributed by atoms with Gasteiger partial charge in [-0.15, -0.1) is 0 Å². The molecule has 0 amide bonds. The van der Waals surface area contributed by atoms with Crippen molar-refractivity contribution < 1.29 is 5.11 Å². The maximum atomic E-state index is 9.70. The maximum Gasteiger partial charge on any atom is 0.159 e.